The molecule has 0 saturated heterocycles. The Bertz CT molecular complexity index is 665. The van der Waals surface area contributed by atoms with Crippen LogP contribution in [0.1, 0.15) is 24.5 Å². The molecule has 0 saturated carbocycles. The van der Waals surface area contributed by atoms with E-state index in [1.54, 1.807) is 31.0 Å². The van der Waals surface area contributed by atoms with Crippen LogP contribution in [-0.2, 0) is 17.4 Å². The van der Waals surface area contributed by atoms with E-state index in [-0.39, 0.29) is 18.9 Å². The largest absolute Gasteiger partial charge is 0.493 e. The maximum atomic E-state index is 11.9. The molecule has 0 aliphatic heterocycles. The Morgan fingerprint density at radius 2 is 2.26 bits per heavy atom. The van der Waals surface area contributed by atoms with Gasteiger partial charge in [0.05, 0.1) is 25.8 Å². The van der Waals surface area contributed by atoms with E-state index in [9.17, 15) is 9.90 Å². The Labute approximate surface area is 136 Å². The van der Waals surface area contributed by atoms with Gasteiger partial charge in [0.15, 0.2) is 0 Å². The summed E-state index contributed by atoms with van der Waals surface area (Å²) in [6, 6.07) is 7.68. The topological polar surface area (TPSA) is 76.4 Å². The fraction of sp³-hybridized carbons (Fsp3) is 0.412. The van der Waals surface area contributed by atoms with Crippen molar-refractivity contribution >= 4 is 5.91 Å². The molecule has 124 valence electrons. The van der Waals surface area contributed by atoms with Crippen molar-refractivity contribution in [2.24, 2.45) is 7.05 Å². The van der Waals surface area contributed by atoms with Crippen LogP contribution in [0.5, 0.6) is 5.75 Å². The summed E-state index contributed by atoms with van der Waals surface area (Å²) in [5, 5.41) is 17.1. The number of benzene rings is 1. The lowest BCUT2D eigenvalue weighted by Gasteiger charge is -2.22. The number of hydrogen-bond acceptors (Lipinski definition) is 4. The van der Waals surface area contributed by atoms with Gasteiger partial charge in [0.2, 0.25) is 5.91 Å². The van der Waals surface area contributed by atoms with E-state index >= 15 is 0 Å². The van der Waals surface area contributed by atoms with Crippen LogP contribution in [0.3, 0.4) is 0 Å². The van der Waals surface area contributed by atoms with Gasteiger partial charge in [-0.3, -0.25) is 9.48 Å². The maximum absolute atomic E-state index is 11.9. The molecular weight excluding hydrogens is 294 g/mol. The van der Waals surface area contributed by atoms with E-state index in [4.69, 9.17) is 4.74 Å². The molecule has 0 radical (unpaired) electrons. The third kappa shape index (κ3) is 5.10. The van der Waals surface area contributed by atoms with E-state index in [1.807, 2.05) is 31.2 Å². The SMILES string of the molecule is Cc1cccc(OCCC(=O)NCC(C)(O)c2cnn(C)c2)c1. The standard InChI is InChI=1S/C17H23N3O3/c1-13-5-4-6-15(9-13)23-8-7-16(21)18-12-17(2,22)14-10-19-20(3)11-14/h4-6,9-11,22H,7-8,12H2,1-3H3,(H,18,21). The zero-order valence-corrected chi connectivity index (χ0v) is 13.7. The van der Waals surface area contributed by atoms with Crippen molar-refractivity contribution in [3.63, 3.8) is 0 Å². The van der Waals surface area contributed by atoms with Crippen molar-refractivity contribution < 1.29 is 14.6 Å². The first-order valence-electron chi connectivity index (χ1n) is 7.54. The highest BCUT2D eigenvalue weighted by Crippen LogP contribution is 2.18. The summed E-state index contributed by atoms with van der Waals surface area (Å²) in [7, 11) is 1.78. The molecule has 1 aromatic heterocycles. The van der Waals surface area contributed by atoms with Gasteiger partial charge in [0.25, 0.3) is 0 Å². The minimum Gasteiger partial charge on any atom is -0.493 e. The smallest absolute Gasteiger partial charge is 0.223 e. The highest BCUT2D eigenvalue weighted by Gasteiger charge is 2.25. The predicted octanol–water partition coefficient (Wildman–Crippen LogP) is 1.52. The lowest BCUT2D eigenvalue weighted by molar-refractivity contribution is -0.122. The molecule has 1 aromatic carbocycles. The zero-order valence-electron chi connectivity index (χ0n) is 13.7. The first kappa shape index (κ1) is 17.0. The molecule has 1 unspecified atom stereocenters. The molecule has 2 N–H and O–H groups in total. The van der Waals surface area contributed by atoms with Crippen molar-refractivity contribution in [3.8, 4) is 5.75 Å². The molecule has 0 spiro atoms. The Hall–Kier alpha value is -2.34. The van der Waals surface area contributed by atoms with Crippen molar-refractivity contribution in [1.82, 2.24) is 15.1 Å². The minimum absolute atomic E-state index is 0.127. The van der Waals surface area contributed by atoms with Gasteiger partial charge in [-0.05, 0) is 31.5 Å². The van der Waals surface area contributed by atoms with Crippen LogP contribution in [0.2, 0.25) is 0 Å². The molecule has 6 nitrogen and oxygen atoms in total. The summed E-state index contributed by atoms with van der Waals surface area (Å²) in [5.74, 6) is 0.585. The molecule has 1 amide bonds. The Kier molecular flexibility index (Phi) is 5.39. The van der Waals surface area contributed by atoms with E-state index in [0.717, 1.165) is 11.3 Å². The first-order valence-corrected chi connectivity index (χ1v) is 7.54. The summed E-state index contributed by atoms with van der Waals surface area (Å²) in [6.45, 7) is 4.06. The van der Waals surface area contributed by atoms with E-state index in [2.05, 4.69) is 10.4 Å². The quantitative estimate of drug-likeness (QED) is 0.812. The summed E-state index contributed by atoms with van der Waals surface area (Å²) in [4.78, 5) is 11.9. The van der Waals surface area contributed by atoms with Crippen LogP contribution in [0.15, 0.2) is 36.7 Å². The number of ether oxygens (including phenoxy) is 1. The van der Waals surface area contributed by atoms with Crippen LogP contribution in [0.25, 0.3) is 0 Å². The van der Waals surface area contributed by atoms with Crippen LogP contribution >= 0.6 is 0 Å². The normalized spacial score (nSPS) is 13.4. The number of amides is 1. The number of hydrogen-bond donors (Lipinski definition) is 2. The molecule has 1 atom stereocenters. The molecule has 0 aliphatic carbocycles. The second-order valence-electron chi connectivity index (χ2n) is 5.87. The lowest BCUT2D eigenvalue weighted by Crippen LogP contribution is -2.38. The monoisotopic (exact) mass is 317 g/mol. The molecule has 2 aromatic rings. The van der Waals surface area contributed by atoms with E-state index < -0.39 is 5.60 Å². The molecule has 6 heteroatoms. The highest BCUT2D eigenvalue weighted by molar-refractivity contribution is 5.76. The fourth-order valence-corrected chi connectivity index (χ4v) is 2.13. The van der Waals surface area contributed by atoms with Gasteiger partial charge in [-0.15, -0.1) is 0 Å². The number of aryl methyl sites for hydroxylation is 2. The summed E-state index contributed by atoms with van der Waals surface area (Å²) in [5.41, 5.74) is 0.622. The van der Waals surface area contributed by atoms with Gasteiger partial charge in [0, 0.05) is 18.8 Å². The van der Waals surface area contributed by atoms with Crippen LogP contribution in [0, 0.1) is 6.92 Å². The molecule has 1 heterocycles. The molecule has 0 bridgehead atoms. The third-order valence-corrected chi connectivity index (χ3v) is 3.54. The average Bonchev–Trinajstić information content (AvgIpc) is 2.93. The number of nitrogens with zero attached hydrogens (tertiary/aromatic N) is 2. The summed E-state index contributed by atoms with van der Waals surface area (Å²) >= 11 is 0. The number of nitrogens with one attached hydrogen (secondary N) is 1. The van der Waals surface area contributed by atoms with Crippen molar-refractivity contribution in [2.45, 2.75) is 25.9 Å². The lowest BCUT2D eigenvalue weighted by atomic mass is 10.00. The van der Waals surface area contributed by atoms with E-state index in [1.165, 1.54) is 0 Å². The number of aromatic nitrogens is 2. The number of carbonyl (C=O) groups is 1. The highest BCUT2D eigenvalue weighted by atomic mass is 16.5. The number of rotatable bonds is 7. The Morgan fingerprint density at radius 1 is 1.48 bits per heavy atom. The molecule has 0 fully saturated rings. The van der Waals surface area contributed by atoms with Crippen molar-refractivity contribution in [1.29, 1.82) is 0 Å². The Balaban J connectivity index is 1.74. The van der Waals surface area contributed by atoms with Crippen LogP contribution < -0.4 is 10.1 Å². The van der Waals surface area contributed by atoms with Gasteiger partial charge in [-0.2, -0.15) is 5.10 Å². The predicted molar refractivity (Wildman–Crippen MR) is 87.1 cm³/mol. The average molecular weight is 317 g/mol. The minimum atomic E-state index is -1.15. The summed E-state index contributed by atoms with van der Waals surface area (Å²) < 4.78 is 7.15. The second kappa shape index (κ2) is 7.28. The number of aliphatic hydroxyl groups is 1. The van der Waals surface area contributed by atoms with Gasteiger partial charge < -0.3 is 15.2 Å². The van der Waals surface area contributed by atoms with Crippen LogP contribution in [0.4, 0.5) is 0 Å². The first-order chi connectivity index (χ1) is 10.9. The van der Waals surface area contributed by atoms with Crippen LogP contribution in [-0.4, -0.2) is 33.9 Å². The van der Waals surface area contributed by atoms with Gasteiger partial charge in [0.1, 0.15) is 11.4 Å². The van der Waals surface area contributed by atoms with Gasteiger partial charge >= 0.3 is 0 Å². The van der Waals surface area contributed by atoms with Crippen molar-refractivity contribution in [3.05, 3.63) is 47.8 Å². The van der Waals surface area contributed by atoms with Crippen molar-refractivity contribution in [2.75, 3.05) is 13.2 Å². The Morgan fingerprint density at radius 3 is 2.91 bits per heavy atom. The maximum Gasteiger partial charge on any atom is 0.223 e. The molecule has 2 rings (SSSR count). The zero-order chi connectivity index (χ0) is 16.9. The van der Waals surface area contributed by atoms with E-state index in [0.29, 0.717) is 12.2 Å². The van der Waals surface area contributed by atoms with Gasteiger partial charge in [-0.25, -0.2) is 0 Å². The fourth-order valence-electron chi connectivity index (χ4n) is 2.13. The molecular formula is C17H23N3O3. The molecule has 0 aliphatic rings. The second-order valence-corrected chi connectivity index (χ2v) is 5.87. The van der Waals surface area contributed by atoms with Gasteiger partial charge in [-0.1, -0.05) is 12.1 Å². The number of carbonyl (C=O) groups excluding carboxylic acids is 1. The third-order valence-electron chi connectivity index (χ3n) is 3.54. The molecule has 23 heavy (non-hydrogen) atoms. The summed E-state index contributed by atoms with van der Waals surface area (Å²) in [6.07, 6.45) is 3.55.